The number of hydrogen-bond donors (Lipinski definition) is 1. The van der Waals surface area contributed by atoms with E-state index >= 15 is 0 Å². The predicted molar refractivity (Wildman–Crippen MR) is 52.7 cm³/mol. The molecule has 1 N–H and O–H groups in total. The number of benzene rings is 1. The fourth-order valence-electron chi connectivity index (χ4n) is 1.55. The van der Waals surface area contributed by atoms with Crippen LogP contribution < -0.4 is 0 Å². The molecule has 0 atom stereocenters. The standard InChI is InChI=1S/C11H10F3N/c1-2-7-3-4-9-8(5-7)6-10(15-9)11(12,13)14/h3-6,15H,2H2,1H3. The highest BCUT2D eigenvalue weighted by molar-refractivity contribution is 5.81. The van der Waals surface area contributed by atoms with Crippen molar-refractivity contribution in [1.29, 1.82) is 0 Å². The first-order valence-electron chi connectivity index (χ1n) is 4.69. The number of halogens is 3. The van der Waals surface area contributed by atoms with E-state index in [1.54, 1.807) is 12.1 Å². The van der Waals surface area contributed by atoms with Crippen LogP contribution in [0.5, 0.6) is 0 Å². The van der Waals surface area contributed by atoms with Crippen molar-refractivity contribution in [3.05, 3.63) is 35.5 Å². The summed E-state index contributed by atoms with van der Waals surface area (Å²) < 4.78 is 37.1. The lowest BCUT2D eigenvalue weighted by Gasteiger charge is -2.00. The minimum Gasteiger partial charge on any atom is -0.351 e. The Labute approximate surface area is 84.9 Å². The van der Waals surface area contributed by atoms with Crippen LogP contribution >= 0.6 is 0 Å². The van der Waals surface area contributed by atoms with Crippen LogP contribution in [-0.4, -0.2) is 4.98 Å². The summed E-state index contributed by atoms with van der Waals surface area (Å²) in [6, 6.07) is 6.44. The second-order valence-electron chi connectivity index (χ2n) is 3.46. The Balaban J connectivity index is 2.56. The molecule has 1 heterocycles. The molecule has 0 saturated carbocycles. The van der Waals surface area contributed by atoms with Crippen molar-refractivity contribution in [2.75, 3.05) is 0 Å². The van der Waals surface area contributed by atoms with E-state index in [0.717, 1.165) is 18.1 Å². The third-order valence-corrected chi connectivity index (χ3v) is 2.40. The number of alkyl halides is 3. The summed E-state index contributed by atoms with van der Waals surface area (Å²) >= 11 is 0. The number of fused-ring (bicyclic) bond motifs is 1. The Morgan fingerprint density at radius 1 is 1.20 bits per heavy atom. The van der Waals surface area contributed by atoms with Gasteiger partial charge in [-0.2, -0.15) is 13.2 Å². The maximum Gasteiger partial charge on any atom is 0.431 e. The van der Waals surface area contributed by atoms with E-state index in [2.05, 4.69) is 4.98 Å². The van der Waals surface area contributed by atoms with Crippen molar-refractivity contribution >= 4 is 10.9 Å². The maximum absolute atomic E-state index is 12.4. The molecule has 80 valence electrons. The van der Waals surface area contributed by atoms with Crippen LogP contribution in [0.15, 0.2) is 24.3 Å². The fraction of sp³-hybridized carbons (Fsp3) is 0.273. The normalized spacial score (nSPS) is 12.3. The number of nitrogens with one attached hydrogen (secondary N) is 1. The Kier molecular flexibility index (Phi) is 2.21. The molecule has 0 saturated heterocycles. The van der Waals surface area contributed by atoms with Crippen molar-refractivity contribution in [1.82, 2.24) is 4.98 Å². The van der Waals surface area contributed by atoms with Crippen LogP contribution in [0.4, 0.5) is 13.2 Å². The first kappa shape index (κ1) is 10.1. The minimum atomic E-state index is -4.30. The molecule has 1 aromatic heterocycles. The number of rotatable bonds is 1. The van der Waals surface area contributed by atoms with Crippen molar-refractivity contribution in [2.45, 2.75) is 19.5 Å². The Bertz CT molecular complexity index is 482. The van der Waals surface area contributed by atoms with Crippen molar-refractivity contribution in [2.24, 2.45) is 0 Å². The highest BCUT2D eigenvalue weighted by atomic mass is 19.4. The monoisotopic (exact) mass is 213 g/mol. The van der Waals surface area contributed by atoms with E-state index in [0.29, 0.717) is 10.9 Å². The van der Waals surface area contributed by atoms with Gasteiger partial charge in [-0.1, -0.05) is 13.0 Å². The van der Waals surface area contributed by atoms with Gasteiger partial charge in [-0.05, 0) is 30.2 Å². The highest BCUT2D eigenvalue weighted by Gasteiger charge is 2.32. The summed E-state index contributed by atoms with van der Waals surface area (Å²) in [4.78, 5) is 2.36. The first-order chi connectivity index (χ1) is 7.00. The molecule has 0 aliphatic carbocycles. The summed E-state index contributed by atoms with van der Waals surface area (Å²) in [5.74, 6) is 0. The molecule has 2 rings (SSSR count). The summed E-state index contributed by atoms with van der Waals surface area (Å²) in [7, 11) is 0. The Morgan fingerprint density at radius 2 is 1.93 bits per heavy atom. The van der Waals surface area contributed by atoms with Crippen molar-refractivity contribution < 1.29 is 13.2 Å². The molecule has 0 aliphatic rings. The van der Waals surface area contributed by atoms with Gasteiger partial charge in [-0.3, -0.25) is 0 Å². The van der Waals surface area contributed by atoms with Crippen LogP contribution in [0, 0.1) is 0 Å². The second kappa shape index (κ2) is 3.29. The minimum absolute atomic E-state index is 0.527. The van der Waals surface area contributed by atoms with E-state index in [-0.39, 0.29) is 0 Å². The van der Waals surface area contributed by atoms with Crippen LogP contribution in [0.2, 0.25) is 0 Å². The van der Waals surface area contributed by atoms with Gasteiger partial charge >= 0.3 is 6.18 Å². The third kappa shape index (κ3) is 1.84. The van der Waals surface area contributed by atoms with Gasteiger partial charge in [-0.25, -0.2) is 0 Å². The van der Waals surface area contributed by atoms with Gasteiger partial charge in [0.2, 0.25) is 0 Å². The lowest BCUT2D eigenvalue weighted by Crippen LogP contribution is -2.04. The molecule has 2 aromatic rings. The van der Waals surface area contributed by atoms with E-state index < -0.39 is 11.9 Å². The molecule has 0 bridgehead atoms. The lowest BCUT2D eigenvalue weighted by molar-refractivity contribution is -0.140. The quantitative estimate of drug-likeness (QED) is 0.742. The van der Waals surface area contributed by atoms with E-state index in [4.69, 9.17) is 0 Å². The predicted octanol–water partition coefficient (Wildman–Crippen LogP) is 3.75. The van der Waals surface area contributed by atoms with Gasteiger partial charge in [0.25, 0.3) is 0 Å². The molecule has 0 radical (unpaired) electrons. The Hall–Kier alpha value is -1.45. The zero-order chi connectivity index (χ0) is 11.1. The Morgan fingerprint density at radius 3 is 2.53 bits per heavy atom. The molecule has 0 aliphatic heterocycles. The fourth-order valence-corrected chi connectivity index (χ4v) is 1.55. The van der Waals surface area contributed by atoms with E-state index in [9.17, 15) is 13.2 Å². The summed E-state index contributed by atoms with van der Waals surface area (Å²) in [6.45, 7) is 1.97. The molecule has 1 nitrogen and oxygen atoms in total. The van der Waals surface area contributed by atoms with Gasteiger partial charge in [-0.15, -0.1) is 0 Å². The van der Waals surface area contributed by atoms with E-state index in [1.165, 1.54) is 0 Å². The van der Waals surface area contributed by atoms with Gasteiger partial charge in [0.05, 0.1) is 0 Å². The molecule has 0 fully saturated rings. The SMILES string of the molecule is CCc1ccc2[nH]c(C(F)(F)F)cc2c1. The average Bonchev–Trinajstić information content (AvgIpc) is 2.59. The second-order valence-corrected chi connectivity index (χ2v) is 3.46. The highest BCUT2D eigenvalue weighted by Crippen LogP contribution is 2.31. The lowest BCUT2D eigenvalue weighted by atomic mass is 10.1. The molecular weight excluding hydrogens is 203 g/mol. The summed E-state index contributed by atoms with van der Waals surface area (Å²) in [6.07, 6.45) is -3.48. The van der Waals surface area contributed by atoms with Crippen LogP contribution in [0.3, 0.4) is 0 Å². The molecular formula is C11H10F3N. The topological polar surface area (TPSA) is 15.8 Å². The summed E-state index contributed by atoms with van der Waals surface area (Å²) in [5, 5.41) is 0.613. The zero-order valence-electron chi connectivity index (χ0n) is 8.15. The number of H-pyrrole nitrogens is 1. The largest absolute Gasteiger partial charge is 0.431 e. The van der Waals surface area contributed by atoms with Gasteiger partial charge < -0.3 is 4.98 Å². The smallest absolute Gasteiger partial charge is 0.351 e. The summed E-state index contributed by atoms with van der Waals surface area (Å²) in [5.41, 5.74) is 0.875. The molecule has 1 aromatic carbocycles. The molecule has 0 amide bonds. The van der Waals surface area contributed by atoms with Crippen molar-refractivity contribution in [3.63, 3.8) is 0 Å². The van der Waals surface area contributed by atoms with Crippen LogP contribution in [0.25, 0.3) is 10.9 Å². The molecule has 0 unspecified atom stereocenters. The number of hydrogen-bond acceptors (Lipinski definition) is 0. The van der Waals surface area contributed by atoms with Gasteiger partial charge in [0.15, 0.2) is 0 Å². The molecule has 15 heavy (non-hydrogen) atoms. The average molecular weight is 213 g/mol. The van der Waals surface area contributed by atoms with Crippen molar-refractivity contribution in [3.8, 4) is 0 Å². The number of aryl methyl sites for hydroxylation is 1. The van der Waals surface area contributed by atoms with E-state index in [1.807, 2.05) is 13.0 Å². The van der Waals surface area contributed by atoms with Gasteiger partial charge in [0.1, 0.15) is 5.69 Å². The first-order valence-corrected chi connectivity index (χ1v) is 4.69. The number of aromatic nitrogens is 1. The van der Waals surface area contributed by atoms with Gasteiger partial charge in [0, 0.05) is 10.9 Å². The molecule has 4 heteroatoms. The van der Waals surface area contributed by atoms with Crippen LogP contribution in [0.1, 0.15) is 18.2 Å². The maximum atomic E-state index is 12.4. The number of aromatic amines is 1. The third-order valence-electron chi connectivity index (χ3n) is 2.40. The zero-order valence-corrected chi connectivity index (χ0v) is 8.15. The molecule has 0 spiro atoms. The van der Waals surface area contributed by atoms with Crippen LogP contribution in [-0.2, 0) is 12.6 Å².